The van der Waals surface area contributed by atoms with E-state index in [0.717, 1.165) is 6.07 Å². The topological polar surface area (TPSA) is 65.7 Å². The standard InChI is InChI=1S/C22H18BrF3O5/c1-3-12(4-2)21(28)29-13-9-10-14-17(11-13)31-20(22(24,25)26)19(18(14)27)30-16-8-6-5-7-15(16)23/h5-12H,3-4H2,1-2H3. The fourth-order valence-electron chi connectivity index (χ4n) is 2.96. The van der Waals surface area contributed by atoms with Gasteiger partial charge in [0.1, 0.15) is 17.1 Å². The lowest BCUT2D eigenvalue weighted by atomic mass is 10.0. The maximum Gasteiger partial charge on any atom is 0.453 e. The number of benzene rings is 2. The molecule has 0 N–H and O–H groups in total. The van der Waals surface area contributed by atoms with Gasteiger partial charge in [0.25, 0.3) is 5.76 Å². The Morgan fingerprint density at radius 1 is 1.13 bits per heavy atom. The Hall–Kier alpha value is -2.81. The van der Waals surface area contributed by atoms with Crippen molar-refractivity contribution in [2.45, 2.75) is 32.9 Å². The number of ether oxygens (including phenoxy) is 2. The van der Waals surface area contributed by atoms with Crippen molar-refractivity contribution in [1.29, 1.82) is 0 Å². The predicted octanol–water partition coefficient (Wildman–Crippen LogP) is 6.71. The van der Waals surface area contributed by atoms with Crippen molar-refractivity contribution in [2.75, 3.05) is 0 Å². The number of para-hydroxylation sites is 1. The molecule has 2 aromatic carbocycles. The third kappa shape index (κ3) is 4.92. The molecule has 0 amide bonds. The van der Waals surface area contributed by atoms with E-state index in [1.165, 1.54) is 18.2 Å². The molecule has 0 saturated heterocycles. The molecule has 3 rings (SSSR count). The van der Waals surface area contributed by atoms with Crippen molar-refractivity contribution in [2.24, 2.45) is 5.92 Å². The van der Waals surface area contributed by atoms with Gasteiger partial charge >= 0.3 is 12.1 Å². The Labute approximate surface area is 183 Å². The van der Waals surface area contributed by atoms with Crippen LogP contribution in [0.5, 0.6) is 17.2 Å². The largest absolute Gasteiger partial charge is 0.453 e. The van der Waals surface area contributed by atoms with E-state index in [1.807, 2.05) is 13.8 Å². The van der Waals surface area contributed by atoms with Crippen LogP contribution in [0.15, 0.2) is 56.1 Å². The van der Waals surface area contributed by atoms with Gasteiger partial charge in [-0.2, -0.15) is 13.2 Å². The van der Waals surface area contributed by atoms with Crippen molar-refractivity contribution in [3.63, 3.8) is 0 Å². The van der Waals surface area contributed by atoms with Crippen LogP contribution in [0.4, 0.5) is 13.2 Å². The minimum atomic E-state index is -4.99. The lowest BCUT2D eigenvalue weighted by molar-refractivity contribution is -0.154. The van der Waals surface area contributed by atoms with E-state index in [2.05, 4.69) is 15.9 Å². The van der Waals surface area contributed by atoms with Gasteiger partial charge in [-0.3, -0.25) is 9.59 Å². The molecule has 0 fully saturated rings. The van der Waals surface area contributed by atoms with E-state index < -0.39 is 29.1 Å². The maximum absolute atomic E-state index is 13.7. The normalized spacial score (nSPS) is 11.7. The summed E-state index contributed by atoms with van der Waals surface area (Å²) >= 11 is 3.17. The molecule has 0 radical (unpaired) electrons. The van der Waals surface area contributed by atoms with Crippen LogP contribution in [-0.2, 0) is 11.0 Å². The molecule has 1 aromatic heterocycles. The van der Waals surface area contributed by atoms with Gasteiger partial charge < -0.3 is 13.9 Å². The highest BCUT2D eigenvalue weighted by Gasteiger charge is 2.40. The number of alkyl halides is 3. The van der Waals surface area contributed by atoms with E-state index in [4.69, 9.17) is 13.9 Å². The van der Waals surface area contributed by atoms with E-state index in [-0.39, 0.29) is 28.4 Å². The average Bonchev–Trinajstić information content (AvgIpc) is 2.71. The van der Waals surface area contributed by atoms with Crippen molar-refractivity contribution in [1.82, 2.24) is 0 Å². The molecule has 0 aliphatic carbocycles. The van der Waals surface area contributed by atoms with Crippen molar-refractivity contribution in [3.05, 3.63) is 62.9 Å². The van der Waals surface area contributed by atoms with Crippen molar-refractivity contribution >= 4 is 32.9 Å². The summed E-state index contributed by atoms with van der Waals surface area (Å²) in [7, 11) is 0. The predicted molar refractivity (Wildman–Crippen MR) is 111 cm³/mol. The molecule has 0 bridgehead atoms. The lowest BCUT2D eigenvalue weighted by Gasteiger charge is -2.15. The van der Waals surface area contributed by atoms with Crippen LogP contribution in [0.25, 0.3) is 11.0 Å². The SMILES string of the molecule is CCC(CC)C(=O)Oc1ccc2c(=O)c(Oc3ccccc3Br)c(C(F)(F)F)oc2c1. The summed E-state index contributed by atoms with van der Waals surface area (Å²) in [5, 5.41) is -0.141. The summed E-state index contributed by atoms with van der Waals surface area (Å²) in [5.74, 6) is -3.39. The zero-order valence-corrected chi connectivity index (χ0v) is 18.2. The van der Waals surface area contributed by atoms with Crippen LogP contribution in [0, 0.1) is 5.92 Å². The molecule has 0 atom stereocenters. The zero-order chi connectivity index (χ0) is 22.8. The van der Waals surface area contributed by atoms with E-state index in [1.54, 1.807) is 18.2 Å². The summed E-state index contributed by atoms with van der Waals surface area (Å²) in [6.45, 7) is 3.66. The van der Waals surface area contributed by atoms with Gasteiger partial charge in [0.15, 0.2) is 0 Å². The minimum Gasteiger partial charge on any atom is -0.448 e. The van der Waals surface area contributed by atoms with Gasteiger partial charge in [-0.25, -0.2) is 0 Å². The number of rotatable bonds is 6. The minimum absolute atomic E-state index is 0.0138. The van der Waals surface area contributed by atoms with Gasteiger partial charge in [0.2, 0.25) is 11.2 Å². The molecule has 0 aliphatic heterocycles. The highest BCUT2D eigenvalue weighted by atomic mass is 79.9. The smallest absolute Gasteiger partial charge is 0.448 e. The fraction of sp³-hybridized carbons (Fsp3) is 0.273. The Balaban J connectivity index is 2.10. The van der Waals surface area contributed by atoms with Crippen LogP contribution < -0.4 is 14.9 Å². The summed E-state index contributed by atoms with van der Waals surface area (Å²) in [4.78, 5) is 25.0. The van der Waals surface area contributed by atoms with E-state index in [9.17, 15) is 22.8 Å². The fourth-order valence-corrected chi connectivity index (χ4v) is 3.32. The summed E-state index contributed by atoms with van der Waals surface area (Å²) in [6.07, 6.45) is -3.87. The molecule has 31 heavy (non-hydrogen) atoms. The summed E-state index contributed by atoms with van der Waals surface area (Å²) in [6, 6.07) is 9.83. The molecular formula is C22H18BrF3O5. The van der Waals surface area contributed by atoms with E-state index >= 15 is 0 Å². The molecule has 0 aliphatic rings. The Morgan fingerprint density at radius 3 is 2.42 bits per heavy atom. The van der Waals surface area contributed by atoms with Gasteiger partial charge in [0, 0.05) is 6.07 Å². The molecule has 0 spiro atoms. The molecule has 1 heterocycles. The third-order valence-electron chi connectivity index (χ3n) is 4.67. The molecule has 9 heteroatoms. The first kappa shape index (κ1) is 22.9. The summed E-state index contributed by atoms with van der Waals surface area (Å²) in [5.41, 5.74) is -1.37. The van der Waals surface area contributed by atoms with E-state index in [0.29, 0.717) is 17.3 Å². The first-order valence-electron chi connectivity index (χ1n) is 9.47. The van der Waals surface area contributed by atoms with Gasteiger partial charge in [0.05, 0.1) is 15.8 Å². The number of carbonyl (C=O) groups excluding carboxylic acids is 1. The van der Waals surface area contributed by atoms with Gasteiger partial charge in [-0.15, -0.1) is 0 Å². The number of hydrogen-bond acceptors (Lipinski definition) is 5. The van der Waals surface area contributed by atoms with Crippen LogP contribution in [0.2, 0.25) is 0 Å². The summed E-state index contributed by atoms with van der Waals surface area (Å²) < 4.78 is 56.9. The molecule has 0 unspecified atom stereocenters. The lowest BCUT2D eigenvalue weighted by Crippen LogP contribution is -2.19. The number of halogens is 4. The molecular weight excluding hydrogens is 481 g/mol. The first-order valence-corrected chi connectivity index (χ1v) is 10.3. The van der Waals surface area contributed by atoms with Crippen LogP contribution in [0.3, 0.4) is 0 Å². The second-order valence-corrected chi connectivity index (χ2v) is 7.57. The highest BCUT2D eigenvalue weighted by molar-refractivity contribution is 9.10. The van der Waals surface area contributed by atoms with Crippen LogP contribution in [0.1, 0.15) is 32.4 Å². The molecule has 164 valence electrons. The third-order valence-corrected chi connectivity index (χ3v) is 5.32. The number of carbonyl (C=O) groups is 1. The van der Waals surface area contributed by atoms with Gasteiger partial charge in [-0.05, 0) is 53.0 Å². The second-order valence-electron chi connectivity index (χ2n) is 6.71. The Kier molecular flexibility index (Phi) is 6.74. The number of fused-ring (bicyclic) bond motifs is 1. The second kappa shape index (κ2) is 9.13. The van der Waals surface area contributed by atoms with Gasteiger partial charge in [-0.1, -0.05) is 26.0 Å². The number of esters is 1. The van der Waals surface area contributed by atoms with Crippen LogP contribution >= 0.6 is 15.9 Å². The Bertz CT molecular complexity index is 1170. The zero-order valence-electron chi connectivity index (χ0n) is 16.6. The monoisotopic (exact) mass is 498 g/mol. The molecule has 0 saturated carbocycles. The van der Waals surface area contributed by atoms with Crippen LogP contribution in [-0.4, -0.2) is 5.97 Å². The maximum atomic E-state index is 13.7. The van der Waals surface area contributed by atoms with Crippen molar-refractivity contribution in [3.8, 4) is 17.2 Å². The highest BCUT2D eigenvalue weighted by Crippen LogP contribution is 2.39. The first-order chi connectivity index (χ1) is 14.7. The molecule has 5 nitrogen and oxygen atoms in total. The molecule has 3 aromatic rings. The quantitative estimate of drug-likeness (QED) is 0.279. The Morgan fingerprint density at radius 2 is 1.81 bits per heavy atom. The average molecular weight is 499 g/mol. The number of hydrogen-bond donors (Lipinski definition) is 0. The van der Waals surface area contributed by atoms with Crippen molar-refractivity contribution < 1.29 is 31.9 Å².